The molecule has 6 aromatic heterocycles. The molecule has 10 rings (SSSR count). The van der Waals surface area contributed by atoms with Crippen LogP contribution in [0.4, 0.5) is 23.3 Å². The molecule has 0 atom stereocenters. The van der Waals surface area contributed by atoms with Crippen LogP contribution >= 0.6 is 22.7 Å². The van der Waals surface area contributed by atoms with Crippen molar-refractivity contribution in [3.63, 3.8) is 0 Å². The number of anilines is 4. The fraction of sp³-hybridized carbons (Fsp3) is 0.267. The van der Waals surface area contributed by atoms with Gasteiger partial charge in [0.2, 0.25) is 17.8 Å². The highest BCUT2D eigenvalue weighted by Crippen LogP contribution is 2.35. The van der Waals surface area contributed by atoms with Crippen LogP contribution in [0.3, 0.4) is 0 Å². The zero-order chi connectivity index (χ0) is 43.8. The average molecular weight is 882 g/mol. The van der Waals surface area contributed by atoms with Gasteiger partial charge in [0.15, 0.2) is 0 Å². The van der Waals surface area contributed by atoms with Crippen molar-refractivity contribution in [3.8, 4) is 17.9 Å². The van der Waals surface area contributed by atoms with E-state index in [9.17, 15) is 9.59 Å². The Morgan fingerprint density at radius 3 is 1.76 bits per heavy atom. The molecular formula is C45H47N13O3S2. The molecular weight excluding hydrogens is 835 g/mol. The number of para-hydroxylation sites is 1. The minimum absolute atomic E-state index is 0.288. The Morgan fingerprint density at radius 2 is 1.24 bits per heavy atom. The van der Waals surface area contributed by atoms with Crippen molar-refractivity contribution >= 4 is 79.7 Å². The molecule has 0 aliphatic carbocycles. The monoisotopic (exact) mass is 881 g/mol. The van der Waals surface area contributed by atoms with Gasteiger partial charge in [0, 0.05) is 64.7 Å². The smallest absolute Gasteiger partial charge is 0.304 e. The van der Waals surface area contributed by atoms with Crippen molar-refractivity contribution in [2.24, 2.45) is 11.5 Å². The highest BCUT2D eigenvalue weighted by Gasteiger charge is 2.27. The van der Waals surface area contributed by atoms with E-state index in [-0.39, 0.29) is 6.01 Å². The number of nitrogens with two attached hydrogens (primary N) is 2. The Morgan fingerprint density at radius 1 is 0.698 bits per heavy atom. The predicted molar refractivity (Wildman–Crippen MR) is 250 cm³/mol. The SMILES string of the molecule is COc1nc2c(C(N)=O)cccc2n1-c1nc(NCc2cccs2)c2c(n1)N(C)CCC2.Cc1cc2c(C(N)=O)cccc2n1-c1nc(NCc2cccs2)c2c(n1)N(C)CCC2. The number of nitrogens with one attached hydrogen (secondary N) is 2. The number of methoxy groups -OCH3 is 1. The lowest BCUT2D eigenvalue weighted by atomic mass is 10.1. The Labute approximate surface area is 371 Å². The summed E-state index contributed by atoms with van der Waals surface area (Å²) in [6, 6.07) is 21.4. The van der Waals surface area contributed by atoms with E-state index < -0.39 is 11.8 Å². The van der Waals surface area contributed by atoms with Gasteiger partial charge in [0.1, 0.15) is 28.8 Å². The van der Waals surface area contributed by atoms with E-state index in [1.165, 1.54) is 16.9 Å². The molecule has 8 heterocycles. The van der Waals surface area contributed by atoms with Crippen molar-refractivity contribution in [1.82, 2.24) is 34.1 Å². The average Bonchev–Trinajstić information content (AvgIpc) is 4.12. The van der Waals surface area contributed by atoms with Gasteiger partial charge in [-0.3, -0.25) is 14.2 Å². The minimum Gasteiger partial charge on any atom is -0.468 e. The predicted octanol–water partition coefficient (Wildman–Crippen LogP) is 6.86. The molecule has 0 spiro atoms. The molecule has 0 bridgehead atoms. The highest BCUT2D eigenvalue weighted by molar-refractivity contribution is 7.10. The molecule has 2 aliphatic heterocycles. The lowest BCUT2D eigenvalue weighted by Gasteiger charge is -2.28. The number of ether oxygens (including phenoxy) is 1. The molecule has 8 aromatic rings. The Kier molecular flexibility index (Phi) is 11.4. The first-order valence-corrected chi connectivity index (χ1v) is 22.4. The summed E-state index contributed by atoms with van der Waals surface area (Å²) in [6.07, 6.45) is 3.97. The number of carbonyl (C=O) groups excluding carboxylic acids is 2. The Balaban J connectivity index is 0.000000160. The number of fused-ring (bicyclic) bond motifs is 4. The zero-order valence-electron chi connectivity index (χ0n) is 35.4. The first-order valence-electron chi connectivity index (χ1n) is 20.6. The molecule has 18 heteroatoms. The maximum absolute atomic E-state index is 11.9. The topological polar surface area (TPSA) is 200 Å². The van der Waals surface area contributed by atoms with Gasteiger partial charge in [-0.1, -0.05) is 24.3 Å². The van der Waals surface area contributed by atoms with Crippen LogP contribution in [0.1, 0.15) is 60.1 Å². The molecule has 6 N–H and O–H groups in total. The molecule has 0 saturated carbocycles. The maximum atomic E-state index is 11.9. The molecule has 2 aromatic carbocycles. The number of imidazole rings is 1. The molecule has 2 aliphatic rings. The largest absolute Gasteiger partial charge is 0.468 e. The number of rotatable bonds is 11. The van der Waals surface area contributed by atoms with E-state index in [4.69, 9.17) is 36.1 Å². The molecule has 2 amide bonds. The van der Waals surface area contributed by atoms with Crippen molar-refractivity contribution in [2.45, 2.75) is 45.7 Å². The number of carbonyl (C=O) groups is 2. The van der Waals surface area contributed by atoms with Gasteiger partial charge in [0.05, 0.1) is 36.8 Å². The second-order valence-electron chi connectivity index (χ2n) is 15.5. The number of benzene rings is 2. The molecule has 322 valence electrons. The summed E-state index contributed by atoms with van der Waals surface area (Å²) in [4.78, 5) is 54.8. The van der Waals surface area contributed by atoms with Crippen LogP contribution in [0.5, 0.6) is 6.01 Å². The van der Waals surface area contributed by atoms with E-state index in [0.29, 0.717) is 40.6 Å². The molecule has 63 heavy (non-hydrogen) atoms. The summed E-state index contributed by atoms with van der Waals surface area (Å²) >= 11 is 3.42. The summed E-state index contributed by atoms with van der Waals surface area (Å²) in [5, 5.41) is 12.0. The third kappa shape index (κ3) is 7.98. The van der Waals surface area contributed by atoms with E-state index in [0.717, 1.165) is 96.3 Å². The van der Waals surface area contributed by atoms with Gasteiger partial charge in [-0.25, -0.2) is 4.57 Å². The summed E-state index contributed by atoms with van der Waals surface area (Å²) in [7, 11) is 5.64. The number of aromatic nitrogens is 7. The number of hydrogen-bond acceptors (Lipinski definition) is 14. The number of thiophene rings is 2. The Bertz CT molecular complexity index is 2980. The van der Waals surface area contributed by atoms with Gasteiger partial charge in [0.25, 0.3) is 5.91 Å². The summed E-state index contributed by atoms with van der Waals surface area (Å²) in [6.45, 7) is 5.28. The van der Waals surface area contributed by atoms with E-state index in [1.54, 1.807) is 45.4 Å². The number of nitrogens with zero attached hydrogens (tertiary/aromatic N) is 9. The number of hydrogen-bond donors (Lipinski definition) is 4. The van der Waals surface area contributed by atoms with Crippen molar-refractivity contribution in [1.29, 1.82) is 0 Å². The quantitative estimate of drug-likeness (QED) is 0.105. The summed E-state index contributed by atoms with van der Waals surface area (Å²) in [5.41, 5.74) is 17.2. The molecule has 0 fully saturated rings. The van der Waals surface area contributed by atoms with Crippen LogP contribution in [-0.2, 0) is 25.9 Å². The van der Waals surface area contributed by atoms with Crippen molar-refractivity contribution < 1.29 is 14.3 Å². The van der Waals surface area contributed by atoms with Gasteiger partial charge in [-0.05, 0) is 85.8 Å². The van der Waals surface area contributed by atoms with E-state index in [2.05, 4.69) is 61.4 Å². The van der Waals surface area contributed by atoms with Crippen LogP contribution < -0.4 is 36.6 Å². The van der Waals surface area contributed by atoms with Crippen molar-refractivity contribution in [3.05, 3.63) is 115 Å². The van der Waals surface area contributed by atoms with E-state index >= 15 is 0 Å². The summed E-state index contributed by atoms with van der Waals surface area (Å²) in [5.74, 6) is 3.52. The second kappa shape index (κ2) is 17.4. The minimum atomic E-state index is -0.549. The second-order valence-corrected chi connectivity index (χ2v) is 17.5. The van der Waals surface area contributed by atoms with E-state index in [1.807, 2.05) is 48.9 Å². The fourth-order valence-electron chi connectivity index (χ4n) is 8.32. The van der Waals surface area contributed by atoms with Crippen LogP contribution in [-0.4, -0.2) is 80.2 Å². The summed E-state index contributed by atoms with van der Waals surface area (Å²) < 4.78 is 9.26. The fourth-order valence-corrected chi connectivity index (χ4v) is 9.61. The highest BCUT2D eigenvalue weighted by atomic mass is 32.1. The molecule has 0 unspecified atom stereocenters. The van der Waals surface area contributed by atoms with Crippen LogP contribution in [0.25, 0.3) is 33.8 Å². The zero-order valence-corrected chi connectivity index (χ0v) is 37.0. The first kappa shape index (κ1) is 41.3. The Hall–Kier alpha value is -7.05. The third-order valence-electron chi connectivity index (χ3n) is 11.3. The lowest BCUT2D eigenvalue weighted by Crippen LogP contribution is -2.28. The van der Waals surface area contributed by atoms with Gasteiger partial charge in [-0.2, -0.15) is 24.9 Å². The number of amides is 2. The molecule has 16 nitrogen and oxygen atoms in total. The number of primary amides is 2. The van der Waals surface area contributed by atoms with Gasteiger partial charge >= 0.3 is 6.01 Å². The van der Waals surface area contributed by atoms with Gasteiger partial charge in [-0.15, -0.1) is 22.7 Å². The lowest BCUT2D eigenvalue weighted by molar-refractivity contribution is 0.0993. The van der Waals surface area contributed by atoms with Crippen LogP contribution in [0, 0.1) is 6.92 Å². The van der Waals surface area contributed by atoms with Crippen molar-refractivity contribution in [2.75, 3.05) is 54.7 Å². The standard InChI is InChI=1S/C23H24N6OS.C22H23N7O2S/c1-14-12-18-16(20(24)30)7-3-9-19(18)29(14)23-26-21(25-13-15-6-5-11-31-15)17-8-4-10-28(2)22(17)27-23;1-28-10-4-8-15-19(24-12-13-6-5-11-32-13)26-21(27-20(15)28)29-16-9-3-7-14(18(23)30)17(16)25-22(29)31-2/h3,5-7,9,11-12H,4,8,10,13H2,1-2H3,(H2,24,30)(H,25,26,27);3,5-7,9,11H,4,8,10,12H2,1-2H3,(H2,23,30)(H,24,26,27). The first-order chi connectivity index (χ1) is 30.6. The molecule has 0 saturated heterocycles. The maximum Gasteiger partial charge on any atom is 0.304 e. The third-order valence-corrected chi connectivity index (χ3v) is 13.1. The van der Waals surface area contributed by atoms with Crippen LogP contribution in [0.2, 0.25) is 0 Å². The normalized spacial score (nSPS) is 13.3. The van der Waals surface area contributed by atoms with Crippen LogP contribution in [0.15, 0.2) is 77.5 Å². The molecule has 0 radical (unpaired) electrons. The van der Waals surface area contributed by atoms with Gasteiger partial charge < -0.3 is 36.6 Å². The number of aryl methyl sites for hydroxylation is 1.